The molecule has 3 heterocycles. The number of carbonyl (C=O) groups is 1. The van der Waals surface area contributed by atoms with E-state index in [1.54, 1.807) is 16.4 Å². The molecule has 0 fully saturated rings. The van der Waals surface area contributed by atoms with Gasteiger partial charge in [0.15, 0.2) is 0 Å². The van der Waals surface area contributed by atoms with Gasteiger partial charge >= 0.3 is 0 Å². The molecule has 0 N–H and O–H groups in total. The van der Waals surface area contributed by atoms with E-state index >= 15 is 0 Å². The number of carbonyl (C=O) groups excluding carboxylic acids is 1. The number of benzene rings is 1. The van der Waals surface area contributed by atoms with Gasteiger partial charge in [-0.2, -0.15) is 0 Å². The zero-order chi connectivity index (χ0) is 16.1. The van der Waals surface area contributed by atoms with E-state index in [9.17, 15) is 9.59 Å². The number of amides is 1. The maximum atomic E-state index is 12.9. The topological polar surface area (TPSA) is 55.2 Å². The second kappa shape index (κ2) is 5.16. The van der Waals surface area contributed by atoms with Crippen molar-refractivity contribution in [2.24, 2.45) is 0 Å². The van der Waals surface area contributed by atoms with Crippen molar-refractivity contribution in [3.63, 3.8) is 0 Å². The van der Waals surface area contributed by atoms with Gasteiger partial charge in [0.25, 0.3) is 11.5 Å². The molecular formula is C17H17N3O2S. The Balaban J connectivity index is 2.03. The van der Waals surface area contributed by atoms with Crippen LogP contribution in [0.3, 0.4) is 0 Å². The first-order chi connectivity index (χ1) is 11.1. The molecule has 1 amide bonds. The summed E-state index contributed by atoms with van der Waals surface area (Å²) in [6.07, 6.45) is 1.89. The van der Waals surface area contributed by atoms with E-state index in [2.05, 4.69) is 6.92 Å². The Morgan fingerprint density at radius 1 is 1.26 bits per heavy atom. The van der Waals surface area contributed by atoms with Crippen LogP contribution in [-0.4, -0.2) is 22.0 Å². The Morgan fingerprint density at radius 2 is 2.04 bits per heavy atom. The molecule has 1 aliphatic rings. The molecule has 2 aromatic heterocycles. The molecule has 1 aromatic carbocycles. The fourth-order valence-electron chi connectivity index (χ4n) is 3.14. The van der Waals surface area contributed by atoms with Gasteiger partial charge in [0.2, 0.25) is 5.95 Å². The summed E-state index contributed by atoms with van der Waals surface area (Å²) in [7, 11) is 0. The molecule has 0 spiro atoms. The quantitative estimate of drug-likeness (QED) is 0.741. The molecule has 3 aromatic rings. The fourth-order valence-corrected chi connectivity index (χ4v) is 4.22. The highest BCUT2D eigenvalue weighted by Gasteiger charge is 2.37. The molecular weight excluding hydrogens is 310 g/mol. The van der Waals surface area contributed by atoms with Crippen LogP contribution in [-0.2, 0) is 4.79 Å². The summed E-state index contributed by atoms with van der Waals surface area (Å²) in [6, 6.07) is 7.41. The van der Waals surface area contributed by atoms with E-state index in [1.165, 1.54) is 11.3 Å². The maximum Gasteiger partial charge on any atom is 0.273 e. The number of hydrogen-bond acceptors (Lipinski definition) is 4. The Kier molecular flexibility index (Phi) is 3.23. The second-order valence-corrected chi connectivity index (χ2v) is 6.93. The summed E-state index contributed by atoms with van der Waals surface area (Å²) in [5.74, 6) is 0.460. The molecule has 23 heavy (non-hydrogen) atoms. The van der Waals surface area contributed by atoms with Crippen molar-refractivity contribution >= 4 is 43.5 Å². The van der Waals surface area contributed by atoms with Gasteiger partial charge < -0.3 is 0 Å². The lowest BCUT2D eigenvalue weighted by molar-refractivity contribution is -0.120. The fraction of sp³-hybridized carbons (Fsp3) is 0.353. The van der Waals surface area contributed by atoms with Gasteiger partial charge in [0, 0.05) is 16.6 Å². The highest BCUT2D eigenvalue weighted by Crippen LogP contribution is 2.34. The summed E-state index contributed by atoms with van der Waals surface area (Å²) in [6.45, 7) is 4.47. The number of anilines is 1. The molecule has 0 saturated heterocycles. The predicted molar refractivity (Wildman–Crippen MR) is 93.4 cm³/mol. The van der Waals surface area contributed by atoms with Crippen molar-refractivity contribution in [2.75, 3.05) is 11.4 Å². The average molecular weight is 327 g/mol. The van der Waals surface area contributed by atoms with Gasteiger partial charge in [-0.15, -0.1) is 11.3 Å². The third-order valence-electron chi connectivity index (χ3n) is 4.40. The Hall–Kier alpha value is -2.21. The highest BCUT2D eigenvalue weighted by molar-refractivity contribution is 7.25. The minimum absolute atomic E-state index is 0.0370. The van der Waals surface area contributed by atoms with Crippen LogP contribution in [0.1, 0.15) is 32.7 Å². The van der Waals surface area contributed by atoms with Gasteiger partial charge in [0.1, 0.15) is 10.7 Å². The monoisotopic (exact) mass is 327 g/mol. The first-order valence-electron chi connectivity index (χ1n) is 7.88. The van der Waals surface area contributed by atoms with Crippen LogP contribution in [0.4, 0.5) is 5.95 Å². The third kappa shape index (κ3) is 1.94. The zero-order valence-corrected chi connectivity index (χ0v) is 13.9. The van der Waals surface area contributed by atoms with Crippen molar-refractivity contribution < 1.29 is 4.79 Å². The van der Waals surface area contributed by atoms with Crippen molar-refractivity contribution in [3.05, 3.63) is 34.6 Å². The average Bonchev–Trinajstić information content (AvgIpc) is 3.04. The summed E-state index contributed by atoms with van der Waals surface area (Å²) >= 11 is 1.45. The molecule has 118 valence electrons. The highest BCUT2D eigenvalue weighted by atomic mass is 32.1. The lowest BCUT2D eigenvalue weighted by Crippen LogP contribution is -2.29. The van der Waals surface area contributed by atoms with E-state index in [4.69, 9.17) is 4.98 Å². The zero-order valence-electron chi connectivity index (χ0n) is 13.1. The molecule has 1 atom stereocenters. The standard InChI is InChI=1S/C17H17N3O2S/c1-3-4-9-19-15(21)10(2)20-16(22)14-13(18-17(19)20)11-7-5-6-8-12(11)23-14/h5-8,10H,3-4,9H2,1-2H3. The SMILES string of the molecule is CCCCN1C(=O)C(C)n2c1nc1c(sc3ccccc31)c2=O. The van der Waals surface area contributed by atoms with E-state index in [0.717, 1.165) is 22.9 Å². The van der Waals surface area contributed by atoms with Crippen LogP contribution in [0.25, 0.3) is 20.3 Å². The van der Waals surface area contributed by atoms with Crippen molar-refractivity contribution in [1.29, 1.82) is 0 Å². The van der Waals surface area contributed by atoms with Crippen LogP contribution in [0.2, 0.25) is 0 Å². The molecule has 5 nitrogen and oxygen atoms in total. The number of aromatic nitrogens is 2. The lowest BCUT2D eigenvalue weighted by atomic mass is 10.2. The van der Waals surface area contributed by atoms with Crippen LogP contribution < -0.4 is 10.5 Å². The van der Waals surface area contributed by atoms with Crippen LogP contribution in [0, 0.1) is 0 Å². The molecule has 0 bridgehead atoms. The lowest BCUT2D eigenvalue weighted by Gasteiger charge is -2.14. The van der Waals surface area contributed by atoms with Crippen LogP contribution in [0.5, 0.6) is 0 Å². The molecule has 1 aliphatic heterocycles. The number of nitrogens with zero attached hydrogens (tertiary/aromatic N) is 3. The van der Waals surface area contributed by atoms with Gasteiger partial charge in [-0.25, -0.2) is 4.98 Å². The smallest absolute Gasteiger partial charge is 0.273 e. The second-order valence-electron chi connectivity index (χ2n) is 5.88. The van der Waals surface area contributed by atoms with E-state index < -0.39 is 6.04 Å². The minimum atomic E-state index is -0.475. The summed E-state index contributed by atoms with van der Waals surface area (Å²) in [4.78, 5) is 31.8. The van der Waals surface area contributed by atoms with Gasteiger partial charge in [0.05, 0.1) is 5.52 Å². The molecule has 1 unspecified atom stereocenters. The van der Waals surface area contributed by atoms with E-state index in [1.807, 2.05) is 24.3 Å². The molecule has 0 saturated carbocycles. The maximum absolute atomic E-state index is 12.9. The Bertz CT molecular complexity index is 989. The summed E-state index contributed by atoms with van der Waals surface area (Å²) in [5.41, 5.74) is 0.608. The summed E-state index contributed by atoms with van der Waals surface area (Å²) < 4.78 is 3.23. The largest absolute Gasteiger partial charge is 0.280 e. The number of thiophene rings is 1. The first-order valence-corrected chi connectivity index (χ1v) is 8.70. The first kappa shape index (κ1) is 14.4. The predicted octanol–water partition coefficient (Wildman–Crippen LogP) is 3.32. The van der Waals surface area contributed by atoms with Crippen molar-refractivity contribution in [3.8, 4) is 0 Å². The molecule has 4 rings (SSSR count). The van der Waals surface area contributed by atoms with Gasteiger partial charge in [-0.3, -0.25) is 19.1 Å². The number of fused-ring (bicyclic) bond motifs is 4. The van der Waals surface area contributed by atoms with Crippen LogP contribution in [0.15, 0.2) is 29.1 Å². The molecule has 0 radical (unpaired) electrons. The minimum Gasteiger partial charge on any atom is -0.280 e. The van der Waals surface area contributed by atoms with E-state index in [-0.39, 0.29) is 11.5 Å². The van der Waals surface area contributed by atoms with Crippen molar-refractivity contribution in [1.82, 2.24) is 9.55 Å². The number of hydrogen-bond donors (Lipinski definition) is 0. The molecule has 6 heteroatoms. The van der Waals surface area contributed by atoms with Crippen molar-refractivity contribution in [2.45, 2.75) is 32.7 Å². The van der Waals surface area contributed by atoms with Gasteiger partial charge in [-0.05, 0) is 19.4 Å². The van der Waals surface area contributed by atoms with E-state index in [0.29, 0.717) is 22.7 Å². The van der Waals surface area contributed by atoms with Crippen LogP contribution >= 0.6 is 11.3 Å². The Morgan fingerprint density at radius 3 is 2.83 bits per heavy atom. The third-order valence-corrected chi connectivity index (χ3v) is 5.55. The molecule has 0 aliphatic carbocycles. The normalized spacial score (nSPS) is 17.4. The summed E-state index contributed by atoms with van der Waals surface area (Å²) in [5, 5.41) is 0.982. The number of unbranched alkanes of at least 4 members (excludes halogenated alkanes) is 1. The number of rotatable bonds is 3. The van der Waals surface area contributed by atoms with Gasteiger partial charge in [-0.1, -0.05) is 31.5 Å². The Labute approximate surface area is 137 Å².